The Labute approximate surface area is 107 Å². The van der Waals surface area contributed by atoms with E-state index in [1.807, 2.05) is 12.1 Å². The number of phosphoric ester groups is 1. The molecule has 0 fully saturated rings. The number of nitriles is 1. The summed E-state index contributed by atoms with van der Waals surface area (Å²) in [6, 6.07) is 9.36. The molecular formula is C12H16NO4P. The molecule has 6 heteroatoms. The zero-order chi connectivity index (χ0) is 13.4. The van der Waals surface area contributed by atoms with E-state index in [2.05, 4.69) is 10.6 Å². The number of phosphoric acid groups is 1. The molecule has 0 saturated carbocycles. The lowest BCUT2D eigenvalue weighted by Crippen LogP contribution is -1.99. The summed E-state index contributed by atoms with van der Waals surface area (Å²) in [6.07, 6.45) is 1.17. The summed E-state index contributed by atoms with van der Waals surface area (Å²) in [5.74, 6) is 0. The van der Waals surface area contributed by atoms with Crippen LogP contribution in [0.3, 0.4) is 0 Å². The summed E-state index contributed by atoms with van der Waals surface area (Å²) >= 11 is 0. The first-order valence-corrected chi connectivity index (χ1v) is 7.18. The predicted molar refractivity (Wildman–Crippen MR) is 66.9 cm³/mol. The highest BCUT2D eigenvalue weighted by Crippen LogP contribution is 2.42. The molecule has 98 valence electrons. The minimum Gasteiger partial charge on any atom is -0.302 e. The Balaban J connectivity index is 2.39. The van der Waals surface area contributed by atoms with Crippen LogP contribution in [0, 0.1) is 11.3 Å². The van der Waals surface area contributed by atoms with Gasteiger partial charge in [-0.2, -0.15) is 5.26 Å². The molecule has 1 rings (SSSR count). The van der Waals surface area contributed by atoms with E-state index in [1.165, 1.54) is 0 Å². The molecule has 0 radical (unpaired) electrons. The van der Waals surface area contributed by atoms with Crippen LogP contribution in [-0.2, 0) is 20.0 Å². The molecule has 1 unspecified atom stereocenters. The van der Waals surface area contributed by atoms with Crippen molar-refractivity contribution in [1.29, 1.82) is 5.26 Å². The topological polar surface area (TPSA) is 79.6 Å². The Morgan fingerprint density at radius 3 is 2.78 bits per heavy atom. The summed E-state index contributed by atoms with van der Waals surface area (Å²) in [5.41, 5.74) is 1.53. The first-order chi connectivity index (χ1) is 8.59. The average molecular weight is 269 g/mol. The molecule has 5 nitrogen and oxygen atoms in total. The van der Waals surface area contributed by atoms with Gasteiger partial charge in [0.25, 0.3) is 0 Å². The van der Waals surface area contributed by atoms with Crippen LogP contribution in [0.25, 0.3) is 0 Å². The number of aryl methyl sites for hydroxylation is 1. The number of hydrogen-bond donors (Lipinski definition) is 1. The quantitative estimate of drug-likeness (QED) is 0.608. The summed E-state index contributed by atoms with van der Waals surface area (Å²) in [6.45, 7) is 1.87. The molecule has 0 amide bonds. The highest BCUT2D eigenvalue weighted by atomic mass is 31.2. The van der Waals surface area contributed by atoms with Gasteiger partial charge in [-0.05, 0) is 31.4 Å². The fourth-order valence-corrected chi connectivity index (χ4v) is 2.25. The van der Waals surface area contributed by atoms with Crippen LogP contribution >= 0.6 is 7.82 Å². The number of rotatable bonds is 7. The third-order valence-corrected chi connectivity index (χ3v) is 3.37. The third-order valence-electron chi connectivity index (χ3n) is 2.27. The molecule has 0 aliphatic carbocycles. The average Bonchev–Trinajstić information content (AvgIpc) is 2.35. The highest BCUT2D eigenvalue weighted by Gasteiger charge is 2.19. The van der Waals surface area contributed by atoms with Crippen molar-refractivity contribution >= 4 is 7.82 Å². The Kier molecular flexibility index (Phi) is 6.03. The maximum atomic E-state index is 11.2. The van der Waals surface area contributed by atoms with Gasteiger partial charge in [-0.3, -0.25) is 9.05 Å². The Morgan fingerprint density at radius 1 is 1.39 bits per heavy atom. The molecule has 1 N–H and O–H groups in total. The van der Waals surface area contributed by atoms with E-state index in [0.717, 1.165) is 5.56 Å². The molecule has 0 aromatic heterocycles. The Morgan fingerprint density at radius 2 is 2.11 bits per heavy atom. The van der Waals surface area contributed by atoms with Gasteiger partial charge in [0.1, 0.15) is 0 Å². The van der Waals surface area contributed by atoms with Gasteiger partial charge >= 0.3 is 7.82 Å². The van der Waals surface area contributed by atoms with Crippen molar-refractivity contribution in [1.82, 2.24) is 0 Å². The van der Waals surface area contributed by atoms with Crippen molar-refractivity contribution in [3.8, 4) is 6.07 Å². The van der Waals surface area contributed by atoms with Crippen LogP contribution in [-0.4, -0.2) is 18.1 Å². The van der Waals surface area contributed by atoms with Crippen molar-refractivity contribution < 1.29 is 18.5 Å². The SMILES string of the molecule is CCOP(=O)(O)OCCCc1ccccc1C#N. The second-order valence-electron chi connectivity index (χ2n) is 3.59. The van der Waals surface area contributed by atoms with Crippen molar-refractivity contribution in [3.05, 3.63) is 35.4 Å². The van der Waals surface area contributed by atoms with Crippen LogP contribution in [0.1, 0.15) is 24.5 Å². The smallest absolute Gasteiger partial charge is 0.302 e. The second-order valence-corrected chi connectivity index (χ2v) is 5.05. The van der Waals surface area contributed by atoms with Crippen molar-refractivity contribution in [2.24, 2.45) is 0 Å². The molecule has 0 heterocycles. The number of hydrogen-bond acceptors (Lipinski definition) is 4. The molecule has 1 atom stereocenters. The summed E-state index contributed by atoms with van der Waals surface area (Å²) in [4.78, 5) is 9.17. The second kappa shape index (κ2) is 7.30. The van der Waals surface area contributed by atoms with E-state index in [4.69, 9.17) is 9.79 Å². The summed E-state index contributed by atoms with van der Waals surface area (Å²) in [5, 5.41) is 8.89. The van der Waals surface area contributed by atoms with Gasteiger partial charge in [-0.1, -0.05) is 18.2 Å². The monoisotopic (exact) mass is 269 g/mol. The van der Waals surface area contributed by atoms with Gasteiger partial charge in [-0.25, -0.2) is 4.57 Å². The minimum atomic E-state index is -3.90. The van der Waals surface area contributed by atoms with Crippen LogP contribution < -0.4 is 0 Å². The summed E-state index contributed by atoms with van der Waals surface area (Å²) < 4.78 is 20.5. The van der Waals surface area contributed by atoms with Crippen LogP contribution in [0.5, 0.6) is 0 Å². The highest BCUT2D eigenvalue weighted by molar-refractivity contribution is 7.47. The maximum absolute atomic E-state index is 11.2. The van der Waals surface area contributed by atoms with Crippen LogP contribution in [0.4, 0.5) is 0 Å². The Hall–Kier alpha value is -1.18. The fraction of sp³-hybridized carbons (Fsp3) is 0.417. The normalized spacial score (nSPS) is 13.8. The van der Waals surface area contributed by atoms with E-state index in [0.29, 0.717) is 18.4 Å². The molecule has 0 saturated heterocycles. The lowest BCUT2D eigenvalue weighted by Gasteiger charge is -2.10. The van der Waals surface area contributed by atoms with E-state index < -0.39 is 7.82 Å². The molecule has 0 bridgehead atoms. The third kappa shape index (κ3) is 4.99. The van der Waals surface area contributed by atoms with E-state index in [1.54, 1.807) is 19.1 Å². The zero-order valence-corrected chi connectivity index (χ0v) is 11.1. The molecule has 1 aromatic carbocycles. The van der Waals surface area contributed by atoms with E-state index in [-0.39, 0.29) is 13.2 Å². The van der Waals surface area contributed by atoms with Crippen LogP contribution in [0.2, 0.25) is 0 Å². The zero-order valence-electron chi connectivity index (χ0n) is 10.2. The molecule has 0 aliphatic rings. The predicted octanol–water partition coefficient (Wildman–Crippen LogP) is 2.64. The summed E-state index contributed by atoms with van der Waals surface area (Å²) in [7, 11) is -3.90. The fourth-order valence-electron chi connectivity index (χ4n) is 1.49. The van der Waals surface area contributed by atoms with Crippen molar-refractivity contribution in [2.75, 3.05) is 13.2 Å². The van der Waals surface area contributed by atoms with Crippen molar-refractivity contribution in [3.63, 3.8) is 0 Å². The number of nitrogens with zero attached hydrogens (tertiary/aromatic N) is 1. The van der Waals surface area contributed by atoms with Gasteiger partial charge in [0.15, 0.2) is 0 Å². The maximum Gasteiger partial charge on any atom is 0.472 e. The van der Waals surface area contributed by atoms with E-state index >= 15 is 0 Å². The molecular weight excluding hydrogens is 253 g/mol. The standard InChI is InChI=1S/C12H16NO4P/c1-2-16-18(14,15)17-9-5-8-11-6-3-4-7-12(11)10-13/h3-4,6-7H,2,5,8-9H2,1H3,(H,14,15). The Bertz CT molecular complexity index is 469. The first-order valence-electron chi connectivity index (χ1n) is 5.69. The van der Waals surface area contributed by atoms with E-state index in [9.17, 15) is 9.46 Å². The minimum absolute atomic E-state index is 0.119. The first kappa shape index (κ1) is 14.9. The molecule has 1 aromatic rings. The van der Waals surface area contributed by atoms with Gasteiger partial charge in [0.05, 0.1) is 24.8 Å². The lowest BCUT2D eigenvalue weighted by molar-refractivity contribution is 0.154. The van der Waals surface area contributed by atoms with Crippen LogP contribution in [0.15, 0.2) is 24.3 Å². The van der Waals surface area contributed by atoms with Gasteiger partial charge in [0.2, 0.25) is 0 Å². The molecule has 0 aliphatic heterocycles. The molecule has 18 heavy (non-hydrogen) atoms. The van der Waals surface area contributed by atoms with Gasteiger partial charge < -0.3 is 4.89 Å². The van der Waals surface area contributed by atoms with Gasteiger partial charge in [0, 0.05) is 0 Å². The van der Waals surface area contributed by atoms with Gasteiger partial charge in [-0.15, -0.1) is 0 Å². The lowest BCUT2D eigenvalue weighted by atomic mass is 10.0. The molecule has 0 spiro atoms. The number of benzene rings is 1. The van der Waals surface area contributed by atoms with Crippen molar-refractivity contribution in [2.45, 2.75) is 19.8 Å². The largest absolute Gasteiger partial charge is 0.472 e.